The van der Waals surface area contributed by atoms with Gasteiger partial charge in [0.1, 0.15) is 0 Å². The van der Waals surface area contributed by atoms with E-state index in [1.807, 2.05) is 60.7 Å². The van der Waals surface area contributed by atoms with Gasteiger partial charge in [-0.3, -0.25) is 0 Å². The summed E-state index contributed by atoms with van der Waals surface area (Å²) in [5, 5.41) is 2.50. The summed E-state index contributed by atoms with van der Waals surface area (Å²) in [6.45, 7) is 4.70. The van der Waals surface area contributed by atoms with Crippen LogP contribution in [0.3, 0.4) is 0 Å². The molecule has 4 heteroatoms. The van der Waals surface area contributed by atoms with E-state index < -0.39 is 0 Å². The van der Waals surface area contributed by atoms with Crippen LogP contribution in [-0.2, 0) is 5.41 Å². The summed E-state index contributed by atoms with van der Waals surface area (Å²) >= 11 is 0. The Balaban J connectivity index is 1.22. The maximum Gasteiger partial charge on any atom is 0.164 e. The van der Waals surface area contributed by atoms with Gasteiger partial charge in [0.25, 0.3) is 0 Å². The molecule has 0 N–H and O–H groups in total. The lowest BCUT2D eigenvalue weighted by molar-refractivity contribution is 0.661. The van der Waals surface area contributed by atoms with Crippen LogP contribution in [0.4, 0.5) is 0 Å². The molecule has 0 saturated heterocycles. The molecule has 2 heterocycles. The molecule has 0 saturated carbocycles. The van der Waals surface area contributed by atoms with Crippen molar-refractivity contribution in [1.29, 1.82) is 0 Å². The Morgan fingerprint density at radius 2 is 0.962 bits per heavy atom. The summed E-state index contributed by atoms with van der Waals surface area (Å²) in [7, 11) is 0. The summed E-state index contributed by atoms with van der Waals surface area (Å²) in [5.74, 6) is 1.93. The molecule has 0 aliphatic heterocycles. The summed E-state index contributed by atoms with van der Waals surface area (Å²) in [6, 6.07) is 60.1. The maximum atomic E-state index is 5.12. The topological polar surface area (TPSA) is 43.6 Å². The Hall–Kier alpha value is -6.65. The lowest BCUT2D eigenvalue weighted by atomic mass is 9.82. The van der Waals surface area contributed by atoms with Crippen molar-refractivity contribution in [2.24, 2.45) is 0 Å². The SMILES string of the molecule is CC1(C)c2ccccc2-c2cc3c4ccccc4n(-c4ccc(-c5nc(-c6ccccc6)nc(-c6ccccc6)n5)c(-c5ccccc5)c4)c3cc21. The molecule has 0 atom stereocenters. The van der Waals surface area contributed by atoms with Gasteiger partial charge >= 0.3 is 0 Å². The highest BCUT2D eigenvalue weighted by Crippen LogP contribution is 2.51. The molecule has 2 aromatic heterocycles. The van der Waals surface area contributed by atoms with Gasteiger partial charge < -0.3 is 4.57 Å². The Labute approximate surface area is 302 Å². The first-order valence-corrected chi connectivity index (χ1v) is 17.8. The molecule has 1 aliphatic carbocycles. The summed E-state index contributed by atoms with van der Waals surface area (Å²) in [4.78, 5) is 15.2. The van der Waals surface area contributed by atoms with Crippen molar-refractivity contribution in [3.05, 3.63) is 181 Å². The molecular formula is C48H34N4. The molecule has 0 fully saturated rings. The van der Waals surface area contributed by atoms with Gasteiger partial charge in [-0.15, -0.1) is 0 Å². The lowest BCUT2D eigenvalue weighted by Gasteiger charge is -2.22. The Morgan fingerprint density at radius 3 is 1.65 bits per heavy atom. The molecule has 52 heavy (non-hydrogen) atoms. The van der Waals surface area contributed by atoms with Gasteiger partial charge in [-0.05, 0) is 69.8 Å². The van der Waals surface area contributed by atoms with E-state index >= 15 is 0 Å². The minimum Gasteiger partial charge on any atom is -0.309 e. The predicted molar refractivity (Wildman–Crippen MR) is 213 cm³/mol. The Kier molecular flexibility index (Phi) is 6.80. The number of aromatic nitrogens is 4. The molecule has 0 unspecified atom stereocenters. The number of nitrogens with zero attached hydrogens (tertiary/aromatic N) is 4. The van der Waals surface area contributed by atoms with Crippen LogP contribution < -0.4 is 0 Å². The molecule has 0 bridgehead atoms. The van der Waals surface area contributed by atoms with Crippen LogP contribution in [0.15, 0.2) is 170 Å². The van der Waals surface area contributed by atoms with Crippen LogP contribution in [0.1, 0.15) is 25.0 Å². The van der Waals surface area contributed by atoms with Crippen LogP contribution in [-0.4, -0.2) is 19.5 Å². The van der Waals surface area contributed by atoms with Crippen LogP contribution in [0.5, 0.6) is 0 Å². The van der Waals surface area contributed by atoms with Crippen LogP contribution in [0.2, 0.25) is 0 Å². The zero-order valence-electron chi connectivity index (χ0n) is 29.0. The average molecular weight is 667 g/mol. The first-order valence-electron chi connectivity index (χ1n) is 17.8. The molecule has 0 radical (unpaired) electrons. The van der Waals surface area contributed by atoms with Crippen molar-refractivity contribution >= 4 is 21.8 Å². The standard InChI is InChI=1S/C48H34N4/c1-48(2)41-24-14-12-22-35(41)39-29-40-36-23-13-15-25-43(36)52(44(40)30-42(39)48)34-26-27-37(38(28-34)31-16-6-3-7-17-31)47-50-45(32-18-8-4-9-19-32)49-46(51-47)33-20-10-5-11-21-33/h3-30H,1-2H3. The van der Waals surface area contributed by atoms with E-state index in [4.69, 9.17) is 15.0 Å². The zero-order valence-corrected chi connectivity index (χ0v) is 29.0. The van der Waals surface area contributed by atoms with Gasteiger partial charge in [0, 0.05) is 38.6 Å². The van der Waals surface area contributed by atoms with Crippen molar-refractivity contribution in [3.63, 3.8) is 0 Å². The third kappa shape index (κ3) is 4.72. The van der Waals surface area contributed by atoms with Gasteiger partial charge in [-0.25, -0.2) is 15.0 Å². The molecule has 1 aliphatic rings. The fourth-order valence-electron chi connectivity index (χ4n) is 8.09. The van der Waals surface area contributed by atoms with Gasteiger partial charge in [0.2, 0.25) is 0 Å². The quantitative estimate of drug-likeness (QED) is 0.184. The second-order valence-corrected chi connectivity index (χ2v) is 14.1. The van der Waals surface area contributed by atoms with Gasteiger partial charge in [-0.2, -0.15) is 0 Å². The number of fused-ring (bicyclic) bond motifs is 6. The number of para-hydroxylation sites is 1. The van der Waals surface area contributed by atoms with Crippen molar-refractivity contribution in [2.45, 2.75) is 19.3 Å². The Morgan fingerprint density at radius 1 is 0.385 bits per heavy atom. The number of benzene rings is 7. The highest BCUT2D eigenvalue weighted by molar-refractivity contribution is 6.11. The van der Waals surface area contributed by atoms with Crippen LogP contribution in [0, 0.1) is 0 Å². The summed E-state index contributed by atoms with van der Waals surface area (Å²) in [5.41, 5.74) is 13.8. The van der Waals surface area contributed by atoms with E-state index in [2.05, 4.69) is 128 Å². The van der Waals surface area contributed by atoms with E-state index in [1.54, 1.807) is 0 Å². The fraction of sp³-hybridized carbons (Fsp3) is 0.0625. The molecule has 0 spiro atoms. The van der Waals surface area contributed by atoms with Crippen LogP contribution >= 0.6 is 0 Å². The highest BCUT2D eigenvalue weighted by Gasteiger charge is 2.36. The second kappa shape index (κ2) is 11.7. The monoisotopic (exact) mass is 666 g/mol. The van der Waals surface area contributed by atoms with Crippen molar-refractivity contribution in [1.82, 2.24) is 19.5 Å². The molecule has 4 nitrogen and oxygen atoms in total. The molecule has 7 aromatic carbocycles. The third-order valence-electron chi connectivity index (χ3n) is 10.7. The Bertz CT molecular complexity index is 2740. The minimum atomic E-state index is -0.105. The average Bonchev–Trinajstić information content (AvgIpc) is 3.65. The van der Waals surface area contributed by atoms with Gasteiger partial charge in [0.15, 0.2) is 17.5 Å². The summed E-state index contributed by atoms with van der Waals surface area (Å²) in [6.07, 6.45) is 0. The number of rotatable bonds is 5. The largest absolute Gasteiger partial charge is 0.309 e. The van der Waals surface area contributed by atoms with Crippen molar-refractivity contribution in [2.75, 3.05) is 0 Å². The molecule has 0 amide bonds. The normalized spacial score (nSPS) is 13.0. The first-order chi connectivity index (χ1) is 25.5. The lowest BCUT2D eigenvalue weighted by Crippen LogP contribution is -2.15. The summed E-state index contributed by atoms with van der Waals surface area (Å²) < 4.78 is 2.43. The highest BCUT2D eigenvalue weighted by atomic mass is 15.0. The molecule has 246 valence electrons. The van der Waals surface area contributed by atoms with Gasteiger partial charge in [-0.1, -0.05) is 147 Å². The molecule has 10 rings (SSSR count). The smallest absolute Gasteiger partial charge is 0.164 e. The number of hydrogen-bond donors (Lipinski definition) is 0. The van der Waals surface area contributed by atoms with Crippen LogP contribution in [0.25, 0.3) is 83.9 Å². The minimum absolute atomic E-state index is 0.105. The predicted octanol–water partition coefficient (Wildman–Crippen LogP) is 11.9. The fourth-order valence-corrected chi connectivity index (χ4v) is 8.09. The van der Waals surface area contributed by atoms with E-state index in [0.717, 1.165) is 33.5 Å². The second-order valence-electron chi connectivity index (χ2n) is 14.1. The maximum absolute atomic E-state index is 5.12. The third-order valence-corrected chi connectivity index (χ3v) is 10.7. The molecule has 9 aromatic rings. The number of hydrogen-bond acceptors (Lipinski definition) is 3. The van der Waals surface area contributed by atoms with Crippen molar-refractivity contribution in [3.8, 4) is 62.1 Å². The first kappa shape index (κ1) is 30.2. The zero-order chi connectivity index (χ0) is 34.8. The molecular weight excluding hydrogens is 633 g/mol. The van der Waals surface area contributed by atoms with E-state index in [-0.39, 0.29) is 5.41 Å². The van der Waals surface area contributed by atoms with E-state index in [0.29, 0.717) is 17.5 Å². The van der Waals surface area contributed by atoms with Crippen molar-refractivity contribution < 1.29 is 0 Å². The van der Waals surface area contributed by atoms with E-state index in [9.17, 15) is 0 Å². The van der Waals surface area contributed by atoms with E-state index in [1.165, 1.54) is 44.1 Å². The van der Waals surface area contributed by atoms with Gasteiger partial charge in [0.05, 0.1) is 11.0 Å².